The molecule has 0 saturated carbocycles. The van der Waals surface area contributed by atoms with E-state index >= 15 is 0 Å². The van der Waals surface area contributed by atoms with Crippen LogP contribution < -0.4 is 5.32 Å². The number of pyridine rings is 1. The van der Waals surface area contributed by atoms with Gasteiger partial charge in [-0.2, -0.15) is 0 Å². The Hall–Kier alpha value is -1.95. The van der Waals surface area contributed by atoms with Crippen molar-refractivity contribution in [1.82, 2.24) is 10.3 Å². The molecule has 0 radical (unpaired) electrons. The molecule has 1 aromatic rings. The molecular formula is C13H16N2O4. The first-order chi connectivity index (χ1) is 9.08. The highest BCUT2D eigenvalue weighted by atomic mass is 16.5. The fourth-order valence-corrected chi connectivity index (χ4v) is 2.09. The SMILES string of the molecule is CC1OCCC1C(=O)NCc1cc(C(=O)O)ccn1. The Bertz CT molecular complexity index is 489. The lowest BCUT2D eigenvalue weighted by atomic mass is 10.0. The molecule has 2 rings (SSSR count). The predicted molar refractivity (Wildman–Crippen MR) is 66.6 cm³/mol. The van der Waals surface area contributed by atoms with Crippen LogP contribution in [0.1, 0.15) is 29.4 Å². The van der Waals surface area contributed by atoms with E-state index in [-0.39, 0.29) is 30.0 Å². The minimum absolute atomic E-state index is 0.0710. The van der Waals surface area contributed by atoms with Crippen LogP contribution in [0.5, 0.6) is 0 Å². The van der Waals surface area contributed by atoms with Crippen molar-refractivity contribution in [3.63, 3.8) is 0 Å². The van der Waals surface area contributed by atoms with E-state index in [1.165, 1.54) is 18.3 Å². The van der Waals surface area contributed by atoms with Crippen molar-refractivity contribution in [2.75, 3.05) is 6.61 Å². The van der Waals surface area contributed by atoms with E-state index in [0.29, 0.717) is 12.3 Å². The Balaban J connectivity index is 1.93. The van der Waals surface area contributed by atoms with Crippen molar-refractivity contribution in [1.29, 1.82) is 0 Å². The molecule has 0 aliphatic carbocycles. The Morgan fingerprint density at radius 1 is 1.58 bits per heavy atom. The van der Waals surface area contributed by atoms with Crippen molar-refractivity contribution in [2.45, 2.75) is 26.0 Å². The number of amides is 1. The molecule has 1 aliphatic rings. The van der Waals surface area contributed by atoms with E-state index in [9.17, 15) is 9.59 Å². The largest absolute Gasteiger partial charge is 0.478 e. The van der Waals surface area contributed by atoms with E-state index < -0.39 is 5.97 Å². The molecule has 1 amide bonds. The van der Waals surface area contributed by atoms with Crippen molar-refractivity contribution >= 4 is 11.9 Å². The lowest BCUT2D eigenvalue weighted by Gasteiger charge is -2.13. The first-order valence-corrected chi connectivity index (χ1v) is 6.15. The van der Waals surface area contributed by atoms with Gasteiger partial charge in [0.15, 0.2) is 0 Å². The summed E-state index contributed by atoms with van der Waals surface area (Å²) in [6.07, 6.45) is 2.07. The quantitative estimate of drug-likeness (QED) is 0.840. The third-order valence-corrected chi connectivity index (χ3v) is 3.22. The first-order valence-electron chi connectivity index (χ1n) is 6.15. The number of aromatic carboxylic acids is 1. The summed E-state index contributed by atoms with van der Waals surface area (Å²) in [5.41, 5.74) is 0.691. The van der Waals surface area contributed by atoms with Crippen LogP contribution in [0.4, 0.5) is 0 Å². The Morgan fingerprint density at radius 3 is 3.00 bits per heavy atom. The number of ether oxygens (including phenoxy) is 1. The van der Waals surface area contributed by atoms with Crippen LogP contribution in [-0.2, 0) is 16.1 Å². The molecule has 2 atom stereocenters. The van der Waals surface area contributed by atoms with Crippen LogP contribution in [-0.4, -0.2) is 34.7 Å². The van der Waals surface area contributed by atoms with Crippen LogP contribution in [0.15, 0.2) is 18.3 Å². The second-order valence-electron chi connectivity index (χ2n) is 4.53. The molecule has 102 valence electrons. The monoisotopic (exact) mass is 264 g/mol. The van der Waals surface area contributed by atoms with Gasteiger partial charge in [-0.15, -0.1) is 0 Å². The Morgan fingerprint density at radius 2 is 2.37 bits per heavy atom. The summed E-state index contributed by atoms with van der Waals surface area (Å²) in [7, 11) is 0. The summed E-state index contributed by atoms with van der Waals surface area (Å²) in [5.74, 6) is -1.22. The van der Waals surface area contributed by atoms with Crippen LogP contribution >= 0.6 is 0 Å². The zero-order valence-electron chi connectivity index (χ0n) is 10.6. The maximum atomic E-state index is 11.9. The zero-order valence-corrected chi connectivity index (χ0v) is 10.6. The highest BCUT2D eigenvalue weighted by molar-refractivity contribution is 5.87. The summed E-state index contributed by atoms with van der Waals surface area (Å²) in [5, 5.41) is 11.6. The fourth-order valence-electron chi connectivity index (χ4n) is 2.09. The molecule has 2 heterocycles. The molecule has 1 fully saturated rings. The summed E-state index contributed by atoms with van der Waals surface area (Å²) in [6.45, 7) is 2.70. The Kier molecular flexibility index (Phi) is 4.11. The standard InChI is InChI=1S/C13H16N2O4/c1-8-11(3-5-19-8)12(16)15-7-10-6-9(13(17)18)2-4-14-10/h2,4,6,8,11H,3,5,7H2,1H3,(H,15,16)(H,17,18). The number of aromatic nitrogens is 1. The normalized spacial score (nSPS) is 22.2. The van der Waals surface area contributed by atoms with Gasteiger partial charge in [0, 0.05) is 12.8 Å². The van der Waals surface area contributed by atoms with E-state index in [1.54, 1.807) is 0 Å². The minimum atomic E-state index is -1.01. The maximum absolute atomic E-state index is 11.9. The van der Waals surface area contributed by atoms with Gasteiger partial charge in [-0.3, -0.25) is 9.78 Å². The molecule has 1 saturated heterocycles. The number of hydrogen-bond acceptors (Lipinski definition) is 4. The zero-order chi connectivity index (χ0) is 13.8. The van der Waals surface area contributed by atoms with Gasteiger partial charge < -0.3 is 15.2 Å². The van der Waals surface area contributed by atoms with Crippen molar-refractivity contribution in [3.8, 4) is 0 Å². The smallest absolute Gasteiger partial charge is 0.335 e. The number of rotatable bonds is 4. The topological polar surface area (TPSA) is 88.5 Å². The number of hydrogen-bond donors (Lipinski definition) is 2. The number of nitrogens with zero attached hydrogens (tertiary/aromatic N) is 1. The number of carboxylic acids is 1. The number of carbonyl (C=O) groups excluding carboxylic acids is 1. The summed E-state index contributed by atoms with van der Waals surface area (Å²) in [4.78, 5) is 26.8. The molecule has 1 aromatic heterocycles. The molecule has 0 bridgehead atoms. The van der Waals surface area contributed by atoms with Crippen LogP contribution in [0, 0.1) is 5.92 Å². The number of carbonyl (C=O) groups is 2. The van der Waals surface area contributed by atoms with Crippen LogP contribution in [0.3, 0.4) is 0 Å². The highest BCUT2D eigenvalue weighted by Crippen LogP contribution is 2.20. The van der Waals surface area contributed by atoms with Gasteiger partial charge in [-0.1, -0.05) is 0 Å². The minimum Gasteiger partial charge on any atom is -0.478 e. The summed E-state index contributed by atoms with van der Waals surface area (Å²) >= 11 is 0. The third-order valence-electron chi connectivity index (χ3n) is 3.22. The van der Waals surface area contributed by atoms with E-state index in [2.05, 4.69) is 10.3 Å². The average Bonchev–Trinajstić information content (AvgIpc) is 2.82. The van der Waals surface area contributed by atoms with Crippen molar-refractivity contribution in [3.05, 3.63) is 29.6 Å². The van der Waals surface area contributed by atoms with Gasteiger partial charge in [-0.25, -0.2) is 4.79 Å². The molecule has 0 spiro atoms. The summed E-state index contributed by atoms with van der Waals surface area (Å²) < 4.78 is 5.33. The second-order valence-corrected chi connectivity index (χ2v) is 4.53. The van der Waals surface area contributed by atoms with E-state index in [4.69, 9.17) is 9.84 Å². The Labute approximate surface area is 110 Å². The number of nitrogens with one attached hydrogen (secondary N) is 1. The molecule has 6 heteroatoms. The van der Waals surface area contributed by atoms with Crippen LogP contribution in [0.25, 0.3) is 0 Å². The number of carboxylic acid groups (broad SMARTS) is 1. The lowest BCUT2D eigenvalue weighted by Crippen LogP contribution is -2.33. The third kappa shape index (κ3) is 3.29. The molecular weight excluding hydrogens is 248 g/mol. The van der Waals surface area contributed by atoms with Gasteiger partial charge in [0.25, 0.3) is 0 Å². The van der Waals surface area contributed by atoms with Gasteiger partial charge >= 0.3 is 5.97 Å². The van der Waals surface area contributed by atoms with Crippen molar-refractivity contribution in [2.24, 2.45) is 5.92 Å². The van der Waals surface area contributed by atoms with Gasteiger partial charge in [0.05, 0.1) is 29.8 Å². The molecule has 19 heavy (non-hydrogen) atoms. The molecule has 1 aliphatic heterocycles. The highest BCUT2D eigenvalue weighted by Gasteiger charge is 2.30. The van der Waals surface area contributed by atoms with Crippen molar-refractivity contribution < 1.29 is 19.4 Å². The molecule has 2 unspecified atom stereocenters. The molecule has 2 N–H and O–H groups in total. The second kappa shape index (κ2) is 5.79. The van der Waals surface area contributed by atoms with E-state index in [0.717, 1.165) is 6.42 Å². The predicted octanol–water partition coefficient (Wildman–Crippen LogP) is 0.821. The average molecular weight is 264 g/mol. The van der Waals surface area contributed by atoms with Gasteiger partial charge in [-0.05, 0) is 25.5 Å². The maximum Gasteiger partial charge on any atom is 0.335 e. The van der Waals surface area contributed by atoms with Crippen LogP contribution in [0.2, 0.25) is 0 Å². The summed E-state index contributed by atoms with van der Waals surface area (Å²) in [6, 6.07) is 2.87. The first kappa shape index (κ1) is 13.5. The lowest BCUT2D eigenvalue weighted by molar-refractivity contribution is -0.126. The molecule has 6 nitrogen and oxygen atoms in total. The fraction of sp³-hybridized carbons (Fsp3) is 0.462. The van der Waals surface area contributed by atoms with Gasteiger partial charge in [0.2, 0.25) is 5.91 Å². The molecule has 0 aromatic carbocycles. The van der Waals surface area contributed by atoms with E-state index in [1.807, 2.05) is 6.92 Å². The van der Waals surface area contributed by atoms with Gasteiger partial charge in [0.1, 0.15) is 0 Å².